The van der Waals surface area contributed by atoms with Crippen LogP contribution in [-0.2, 0) is 11.3 Å². The Kier molecular flexibility index (Phi) is 5.07. The molecule has 1 fully saturated rings. The summed E-state index contributed by atoms with van der Waals surface area (Å²) in [6, 6.07) is 12.8. The summed E-state index contributed by atoms with van der Waals surface area (Å²) in [4.78, 5) is 27.5. The van der Waals surface area contributed by atoms with E-state index >= 15 is 0 Å². The zero-order chi connectivity index (χ0) is 20.5. The number of nitrogens with zero attached hydrogens (tertiary/aromatic N) is 6. The lowest BCUT2D eigenvalue weighted by Crippen LogP contribution is -2.58. The number of aromatic nitrogens is 3. The van der Waals surface area contributed by atoms with Gasteiger partial charge in [-0.15, -0.1) is 0 Å². The molecule has 3 heterocycles. The second kappa shape index (κ2) is 7.67. The number of anilines is 2. The molecular formula is C22H26N6O. The minimum absolute atomic E-state index is 0.169. The predicted molar refractivity (Wildman–Crippen MR) is 116 cm³/mol. The minimum atomic E-state index is -0.169. The molecule has 0 N–H and O–H groups in total. The molecule has 29 heavy (non-hydrogen) atoms. The van der Waals surface area contributed by atoms with E-state index in [9.17, 15) is 4.79 Å². The molecule has 1 aliphatic heterocycles. The number of imidazole rings is 1. The summed E-state index contributed by atoms with van der Waals surface area (Å²) in [5.41, 5.74) is 3.52. The van der Waals surface area contributed by atoms with Crippen LogP contribution in [0.2, 0.25) is 0 Å². The van der Waals surface area contributed by atoms with Gasteiger partial charge in [-0.25, -0.2) is 4.98 Å². The first-order valence-electron chi connectivity index (χ1n) is 9.69. The fraction of sp³-hybridized carbons (Fsp3) is 0.318. The fourth-order valence-electron chi connectivity index (χ4n) is 3.54. The molecule has 1 aliphatic rings. The van der Waals surface area contributed by atoms with Gasteiger partial charge in [-0.2, -0.15) is 4.98 Å². The summed E-state index contributed by atoms with van der Waals surface area (Å²) >= 11 is 0. The number of hydrogen-bond acceptors (Lipinski definition) is 5. The maximum atomic E-state index is 12.0. The minimum Gasteiger partial charge on any atom is -0.339 e. The molecule has 1 saturated heterocycles. The molecule has 0 unspecified atom stereocenters. The van der Waals surface area contributed by atoms with Crippen molar-refractivity contribution in [3.05, 3.63) is 60.8 Å². The summed E-state index contributed by atoms with van der Waals surface area (Å²) in [7, 11) is 5.94. The number of fused-ring (bicyclic) bond motifs is 1. The first kappa shape index (κ1) is 19.1. The van der Waals surface area contributed by atoms with Crippen LogP contribution in [0.25, 0.3) is 11.2 Å². The molecule has 3 aromatic rings. The van der Waals surface area contributed by atoms with Gasteiger partial charge < -0.3 is 19.3 Å². The number of hydrogen-bond donors (Lipinski definition) is 0. The Morgan fingerprint density at radius 1 is 1.24 bits per heavy atom. The number of likely N-dealkylation sites (N-methyl/N-ethyl adjacent to an activating group) is 2. The summed E-state index contributed by atoms with van der Waals surface area (Å²) in [5, 5.41) is 0. The Morgan fingerprint density at radius 3 is 2.62 bits per heavy atom. The van der Waals surface area contributed by atoms with Gasteiger partial charge in [0.25, 0.3) is 0 Å². The molecule has 1 amide bonds. The number of carbonyl (C=O) groups excluding carboxylic acids is 1. The highest BCUT2D eigenvalue weighted by Gasteiger charge is 2.32. The summed E-state index contributed by atoms with van der Waals surface area (Å²) < 4.78 is 2.19. The van der Waals surface area contributed by atoms with Crippen molar-refractivity contribution < 1.29 is 4.79 Å². The van der Waals surface area contributed by atoms with Gasteiger partial charge in [0.2, 0.25) is 11.9 Å². The molecule has 0 radical (unpaired) electrons. The number of carbonyl (C=O) groups is 1. The van der Waals surface area contributed by atoms with E-state index in [2.05, 4.69) is 52.2 Å². The SMILES string of the molecule is C=CC(=O)N(C)c1cnc2nc(N3CC(N(C)C)C3)n(Cc3ccccc3)c2c1. The normalized spacial score (nSPS) is 14.3. The average molecular weight is 390 g/mol. The zero-order valence-electron chi connectivity index (χ0n) is 17.1. The third-order valence-electron chi connectivity index (χ3n) is 5.52. The molecule has 7 heteroatoms. The van der Waals surface area contributed by atoms with Gasteiger partial charge in [-0.05, 0) is 31.8 Å². The van der Waals surface area contributed by atoms with Crippen molar-refractivity contribution in [2.24, 2.45) is 0 Å². The van der Waals surface area contributed by atoms with E-state index in [-0.39, 0.29) is 5.91 Å². The highest BCUT2D eigenvalue weighted by molar-refractivity contribution is 6.01. The van der Waals surface area contributed by atoms with Gasteiger partial charge in [0.05, 0.1) is 23.9 Å². The largest absolute Gasteiger partial charge is 0.339 e. The maximum Gasteiger partial charge on any atom is 0.250 e. The molecule has 1 aromatic carbocycles. The molecule has 0 bridgehead atoms. The zero-order valence-corrected chi connectivity index (χ0v) is 17.1. The Balaban J connectivity index is 1.76. The van der Waals surface area contributed by atoms with Crippen LogP contribution in [-0.4, -0.2) is 65.6 Å². The Hall–Kier alpha value is -3.19. The molecule has 2 aromatic heterocycles. The van der Waals surface area contributed by atoms with E-state index in [1.807, 2.05) is 24.3 Å². The van der Waals surface area contributed by atoms with Crippen LogP contribution >= 0.6 is 0 Å². The van der Waals surface area contributed by atoms with Crippen LogP contribution < -0.4 is 9.80 Å². The van der Waals surface area contributed by atoms with E-state index in [1.54, 1.807) is 18.1 Å². The summed E-state index contributed by atoms with van der Waals surface area (Å²) in [5.74, 6) is 0.751. The van der Waals surface area contributed by atoms with Crippen molar-refractivity contribution in [2.75, 3.05) is 44.0 Å². The van der Waals surface area contributed by atoms with Crippen LogP contribution in [0.1, 0.15) is 5.56 Å². The van der Waals surface area contributed by atoms with Crippen LogP contribution in [0.5, 0.6) is 0 Å². The Bertz CT molecular complexity index is 1040. The molecule has 7 nitrogen and oxygen atoms in total. The lowest BCUT2D eigenvalue weighted by molar-refractivity contribution is -0.113. The Labute approximate surface area is 170 Å². The van der Waals surface area contributed by atoms with E-state index < -0.39 is 0 Å². The van der Waals surface area contributed by atoms with Gasteiger partial charge in [0.15, 0.2) is 5.65 Å². The molecular weight excluding hydrogens is 364 g/mol. The van der Waals surface area contributed by atoms with E-state index in [0.29, 0.717) is 18.2 Å². The van der Waals surface area contributed by atoms with Gasteiger partial charge in [-0.3, -0.25) is 4.79 Å². The fourth-order valence-corrected chi connectivity index (χ4v) is 3.54. The second-order valence-corrected chi connectivity index (χ2v) is 7.64. The van der Waals surface area contributed by atoms with Crippen LogP contribution in [0.3, 0.4) is 0 Å². The molecule has 4 rings (SSSR count). The smallest absolute Gasteiger partial charge is 0.250 e. The van der Waals surface area contributed by atoms with Crippen LogP contribution in [0.4, 0.5) is 11.6 Å². The summed E-state index contributed by atoms with van der Waals surface area (Å²) in [6.07, 6.45) is 2.99. The molecule has 0 aliphatic carbocycles. The van der Waals surface area contributed by atoms with Crippen molar-refractivity contribution in [3.63, 3.8) is 0 Å². The third-order valence-corrected chi connectivity index (χ3v) is 5.52. The maximum absolute atomic E-state index is 12.0. The van der Waals surface area contributed by atoms with Crippen molar-refractivity contribution in [2.45, 2.75) is 12.6 Å². The van der Waals surface area contributed by atoms with E-state index in [4.69, 9.17) is 4.98 Å². The van der Waals surface area contributed by atoms with Gasteiger partial charge >= 0.3 is 0 Å². The van der Waals surface area contributed by atoms with Gasteiger partial charge in [-0.1, -0.05) is 36.9 Å². The molecule has 0 atom stereocenters. The van der Waals surface area contributed by atoms with Gasteiger partial charge in [0.1, 0.15) is 0 Å². The predicted octanol–water partition coefficient (Wildman–Crippen LogP) is 2.38. The number of amides is 1. The molecule has 150 valence electrons. The number of pyridine rings is 1. The molecule has 0 spiro atoms. The van der Waals surface area contributed by atoms with Crippen molar-refractivity contribution in [1.29, 1.82) is 0 Å². The van der Waals surface area contributed by atoms with Gasteiger partial charge in [0, 0.05) is 26.2 Å². The van der Waals surface area contributed by atoms with Crippen molar-refractivity contribution in [3.8, 4) is 0 Å². The van der Waals surface area contributed by atoms with E-state index in [0.717, 1.165) is 30.2 Å². The highest BCUT2D eigenvalue weighted by atomic mass is 16.2. The lowest BCUT2D eigenvalue weighted by Gasteiger charge is -2.43. The first-order chi connectivity index (χ1) is 14.0. The summed E-state index contributed by atoms with van der Waals surface area (Å²) in [6.45, 7) is 6.14. The average Bonchev–Trinajstić information content (AvgIpc) is 3.03. The van der Waals surface area contributed by atoms with Crippen LogP contribution in [0, 0.1) is 0 Å². The quantitative estimate of drug-likeness (QED) is 0.605. The lowest BCUT2D eigenvalue weighted by atomic mass is 10.1. The van der Waals surface area contributed by atoms with Crippen molar-refractivity contribution >= 4 is 28.7 Å². The first-order valence-corrected chi connectivity index (χ1v) is 9.69. The van der Waals surface area contributed by atoms with Crippen molar-refractivity contribution in [1.82, 2.24) is 19.4 Å². The number of rotatable bonds is 6. The van der Waals surface area contributed by atoms with E-state index in [1.165, 1.54) is 11.6 Å². The topological polar surface area (TPSA) is 57.5 Å². The second-order valence-electron chi connectivity index (χ2n) is 7.64. The Morgan fingerprint density at radius 2 is 1.97 bits per heavy atom. The third kappa shape index (κ3) is 3.61. The number of benzene rings is 1. The molecule has 0 saturated carbocycles. The van der Waals surface area contributed by atoms with Crippen LogP contribution in [0.15, 0.2) is 55.3 Å². The highest BCUT2D eigenvalue weighted by Crippen LogP contribution is 2.29. The monoisotopic (exact) mass is 390 g/mol. The standard InChI is InChI=1S/C22H26N6O/c1-5-20(29)26(4)17-11-19-21(23-12-17)24-22(27-14-18(15-27)25(2)3)28(19)13-16-9-7-6-8-10-16/h5-12,18H,1,13-15H2,2-4H3.